The van der Waals surface area contributed by atoms with Crippen LogP contribution in [-0.2, 0) is 40.5 Å². The van der Waals surface area contributed by atoms with Crippen molar-refractivity contribution in [3.63, 3.8) is 0 Å². The molecule has 0 spiro atoms. The van der Waals surface area contributed by atoms with Crippen LogP contribution in [0.15, 0.2) is 0 Å². The van der Waals surface area contributed by atoms with Gasteiger partial charge in [-0.25, -0.2) is 29.6 Å². The van der Waals surface area contributed by atoms with E-state index >= 15 is 0 Å². The Bertz CT molecular complexity index is 738. The van der Waals surface area contributed by atoms with Crippen molar-refractivity contribution in [2.75, 3.05) is 39.7 Å². The van der Waals surface area contributed by atoms with E-state index in [1.165, 1.54) is 18.2 Å². The van der Waals surface area contributed by atoms with E-state index in [2.05, 4.69) is 4.13 Å². The van der Waals surface area contributed by atoms with E-state index in [4.69, 9.17) is 0 Å². The van der Waals surface area contributed by atoms with Gasteiger partial charge in [0.2, 0.25) is 10.0 Å². The van der Waals surface area contributed by atoms with Crippen molar-refractivity contribution in [3.8, 4) is 0 Å². The van der Waals surface area contributed by atoms with E-state index in [-0.39, 0.29) is 71.9 Å². The fraction of sp³-hybridized carbons (Fsp3) is 1.00. The SMILES string of the molecule is C.CCN(C)S(=O)(=O)NS(C)(=O)=O.CCN(C)S(=O)(=O)[N-]S(C)(=O)=O.[K+]. The molecule has 12 nitrogen and oxygen atoms in total. The molecule has 0 atom stereocenters. The van der Waals surface area contributed by atoms with Crippen molar-refractivity contribution in [3.05, 3.63) is 4.13 Å². The largest absolute Gasteiger partial charge is 1.00 e. The zero-order valence-electron chi connectivity index (χ0n) is 15.2. The molecule has 1 N–H and O–H groups in total. The van der Waals surface area contributed by atoms with Gasteiger partial charge in [0.15, 0.2) is 0 Å². The Morgan fingerprint density at radius 2 is 1.15 bits per heavy atom. The molecule has 0 fully saturated rings. The number of sulfonamides is 2. The van der Waals surface area contributed by atoms with Crippen LogP contribution < -0.4 is 55.5 Å². The molecule has 0 saturated heterocycles. The Hall–Kier alpha value is 1.28. The maximum Gasteiger partial charge on any atom is 1.00 e. The maximum atomic E-state index is 11.0. The van der Waals surface area contributed by atoms with Gasteiger partial charge in [-0.05, 0) is 0 Å². The van der Waals surface area contributed by atoms with E-state index < -0.39 is 40.5 Å². The molecule has 0 amide bonds. The van der Waals surface area contributed by atoms with Gasteiger partial charge >= 0.3 is 51.4 Å². The van der Waals surface area contributed by atoms with Gasteiger partial charge in [-0.3, -0.25) is 0 Å². The van der Waals surface area contributed by atoms with Crippen molar-refractivity contribution >= 4 is 40.5 Å². The second kappa shape index (κ2) is 13.5. The molecule has 0 aliphatic heterocycles. The van der Waals surface area contributed by atoms with Crippen LogP contribution in [0.4, 0.5) is 0 Å². The quantitative estimate of drug-likeness (QED) is 0.337. The molecule has 17 heteroatoms. The second-order valence-electron chi connectivity index (χ2n) is 4.47. The predicted octanol–water partition coefficient (Wildman–Crippen LogP) is -4.11. The third kappa shape index (κ3) is 17.4. The topological polar surface area (TPSA) is 169 Å². The van der Waals surface area contributed by atoms with Gasteiger partial charge in [-0.15, -0.1) is 0 Å². The summed E-state index contributed by atoms with van der Waals surface area (Å²) in [6, 6.07) is 0. The van der Waals surface area contributed by atoms with E-state index in [1.807, 2.05) is 0 Å². The first-order chi connectivity index (χ1) is 10.4. The van der Waals surface area contributed by atoms with E-state index in [9.17, 15) is 33.7 Å². The minimum absolute atomic E-state index is 0. The van der Waals surface area contributed by atoms with Crippen LogP contribution in [0.25, 0.3) is 4.13 Å². The van der Waals surface area contributed by atoms with Gasteiger partial charge < -0.3 is 4.13 Å². The first-order valence-corrected chi connectivity index (χ1v) is 12.8. The second-order valence-corrected chi connectivity index (χ2v) is 11.8. The van der Waals surface area contributed by atoms with Crippen molar-refractivity contribution in [1.29, 1.82) is 0 Å². The van der Waals surface area contributed by atoms with Gasteiger partial charge in [0.25, 0.3) is 10.2 Å². The fourth-order valence-corrected chi connectivity index (χ4v) is 5.35. The summed E-state index contributed by atoms with van der Waals surface area (Å²) in [5.74, 6) is 0. The average Bonchev–Trinajstić information content (AvgIpc) is 2.31. The zero-order valence-corrected chi connectivity index (χ0v) is 21.5. The molecular formula is C9H27KN4O8S4. The molecular weight excluding hydrogens is 459 g/mol. The standard InChI is InChI=1S/C4H12N2O4S2.C4H11N2O4S2.CH4.K/c2*1-4-6(2)12(9,10)5-11(3,7)8;;/h5H,4H2,1-3H3;4H2,1-3H3;1H4;/q;-1;;+1. The van der Waals surface area contributed by atoms with Gasteiger partial charge in [0.05, 0.1) is 16.3 Å². The molecule has 0 rings (SSSR count). The molecule has 0 aromatic carbocycles. The Labute approximate surface area is 201 Å². The third-order valence-electron chi connectivity index (χ3n) is 2.18. The van der Waals surface area contributed by atoms with E-state index in [0.29, 0.717) is 0 Å². The Balaban J connectivity index is -0.000000173. The molecule has 26 heavy (non-hydrogen) atoms. The van der Waals surface area contributed by atoms with Crippen LogP contribution >= 0.6 is 0 Å². The van der Waals surface area contributed by atoms with Crippen molar-refractivity contribution < 1.29 is 85.1 Å². The fourth-order valence-electron chi connectivity index (χ4n) is 0.816. The summed E-state index contributed by atoms with van der Waals surface area (Å²) in [4.78, 5) is 0. The first-order valence-electron chi connectivity index (χ1n) is 6.23. The summed E-state index contributed by atoms with van der Waals surface area (Å²) < 4.78 is 92.0. The van der Waals surface area contributed by atoms with Crippen molar-refractivity contribution in [2.45, 2.75) is 21.3 Å². The smallest absolute Gasteiger partial charge is 0.423 e. The van der Waals surface area contributed by atoms with Gasteiger partial charge in [-0.2, -0.15) is 12.7 Å². The maximum absolute atomic E-state index is 11.0. The Morgan fingerprint density at radius 3 is 1.38 bits per heavy atom. The molecule has 0 radical (unpaired) electrons. The van der Waals surface area contributed by atoms with Crippen LogP contribution in [-0.4, -0.2) is 82.0 Å². The van der Waals surface area contributed by atoms with Gasteiger partial charge in [0.1, 0.15) is 10.2 Å². The van der Waals surface area contributed by atoms with Crippen molar-refractivity contribution in [1.82, 2.24) is 12.7 Å². The first kappa shape index (κ1) is 34.8. The molecule has 156 valence electrons. The monoisotopic (exact) mass is 486 g/mol. The summed E-state index contributed by atoms with van der Waals surface area (Å²) in [5.41, 5.74) is 0. The third-order valence-corrected chi connectivity index (χ3v) is 8.20. The Morgan fingerprint density at radius 1 is 0.808 bits per heavy atom. The summed E-state index contributed by atoms with van der Waals surface area (Å²) in [5, 5.41) is 0. The number of nitrogens with one attached hydrogen (secondary N) is 1. The predicted molar refractivity (Wildman–Crippen MR) is 97.4 cm³/mol. The molecule has 0 saturated carbocycles. The van der Waals surface area contributed by atoms with E-state index in [0.717, 1.165) is 21.1 Å². The van der Waals surface area contributed by atoms with Crippen LogP contribution in [0.2, 0.25) is 0 Å². The number of nitrogens with zero attached hydrogens (tertiary/aromatic N) is 3. The molecule has 0 aromatic rings. The van der Waals surface area contributed by atoms with Crippen LogP contribution in [0, 0.1) is 0 Å². The molecule has 0 aromatic heterocycles. The molecule has 0 aliphatic rings. The summed E-state index contributed by atoms with van der Waals surface area (Å²) in [7, 11) is -12.9. The van der Waals surface area contributed by atoms with E-state index in [1.54, 1.807) is 13.8 Å². The molecule has 0 unspecified atom stereocenters. The number of hydrogen-bond donors (Lipinski definition) is 1. The van der Waals surface area contributed by atoms with Gasteiger partial charge in [0, 0.05) is 33.4 Å². The summed E-state index contributed by atoms with van der Waals surface area (Å²) in [6.45, 7) is 3.57. The number of hydrogen-bond acceptors (Lipinski definition) is 8. The molecule has 0 heterocycles. The minimum atomic E-state index is -4.00. The molecule has 0 aliphatic carbocycles. The van der Waals surface area contributed by atoms with Gasteiger partial charge in [-0.1, -0.05) is 25.4 Å². The van der Waals surface area contributed by atoms with Crippen LogP contribution in [0.5, 0.6) is 0 Å². The van der Waals surface area contributed by atoms with Crippen LogP contribution in [0.3, 0.4) is 0 Å². The Kier molecular flexibility index (Phi) is 18.0. The van der Waals surface area contributed by atoms with Crippen molar-refractivity contribution in [2.24, 2.45) is 0 Å². The normalized spacial score (nSPS) is 12.6. The summed E-state index contributed by atoms with van der Waals surface area (Å²) >= 11 is 0. The summed E-state index contributed by atoms with van der Waals surface area (Å²) in [6.07, 6.45) is 1.52. The number of rotatable bonds is 8. The average molecular weight is 487 g/mol. The minimum Gasteiger partial charge on any atom is -0.423 e. The molecule has 0 bridgehead atoms. The zero-order chi connectivity index (χ0) is 20.0. The van der Waals surface area contributed by atoms with Crippen LogP contribution in [0.1, 0.15) is 21.3 Å².